The third-order valence-electron chi connectivity index (χ3n) is 2.70. The third kappa shape index (κ3) is 2.56. The van der Waals surface area contributed by atoms with Crippen LogP contribution >= 0.6 is 0 Å². The molecule has 0 radical (unpaired) electrons. The fourth-order valence-electron chi connectivity index (χ4n) is 2.02. The van der Waals surface area contributed by atoms with Gasteiger partial charge < -0.3 is 5.11 Å². The molecule has 0 aliphatic rings. The molecule has 0 amide bonds. The lowest BCUT2D eigenvalue weighted by Crippen LogP contribution is -1.97. The number of carbonyl (C=O) groups is 1. The summed E-state index contributed by atoms with van der Waals surface area (Å²) in [5.41, 5.74) is 3.50. The van der Waals surface area contributed by atoms with E-state index in [0.717, 1.165) is 22.8 Å². The van der Waals surface area contributed by atoms with Gasteiger partial charge in [-0.15, -0.1) is 0 Å². The Bertz CT molecular complexity index is 598. The molecule has 0 bridgehead atoms. The van der Waals surface area contributed by atoms with Crippen molar-refractivity contribution >= 4 is 5.97 Å². The van der Waals surface area contributed by atoms with Crippen molar-refractivity contribution in [2.24, 2.45) is 0 Å². The number of halogens is 1. The summed E-state index contributed by atoms with van der Waals surface area (Å²) in [6, 6.07) is 9.69. The van der Waals surface area contributed by atoms with E-state index in [0.29, 0.717) is 5.56 Å². The van der Waals surface area contributed by atoms with E-state index >= 15 is 0 Å². The molecule has 0 unspecified atom stereocenters. The van der Waals surface area contributed by atoms with Gasteiger partial charge in [-0.25, -0.2) is 9.18 Å². The van der Waals surface area contributed by atoms with Gasteiger partial charge in [-0.3, -0.25) is 0 Å². The number of hydrogen-bond acceptors (Lipinski definition) is 1. The largest absolute Gasteiger partial charge is 0.478 e. The summed E-state index contributed by atoms with van der Waals surface area (Å²) in [7, 11) is 0. The Morgan fingerprint density at radius 1 is 0.944 bits per heavy atom. The first-order chi connectivity index (χ1) is 8.45. The van der Waals surface area contributed by atoms with E-state index in [1.54, 1.807) is 0 Å². The second-order valence-corrected chi connectivity index (χ2v) is 4.41. The van der Waals surface area contributed by atoms with Crippen LogP contribution in [0.25, 0.3) is 11.1 Å². The van der Waals surface area contributed by atoms with Gasteiger partial charge in [0.2, 0.25) is 0 Å². The average Bonchev–Trinajstić information content (AvgIpc) is 2.26. The standard InChI is InChI=1S/C15H13FO2/c1-9-3-10(2)5-11(4-9)12-6-13(15(17)18)8-14(16)7-12/h3-8H,1-2H3,(H,17,18). The van der Waals surface area contributed by atoms with Crippen molar-refractivity contribution in [3.8, 4) is 11.1 Å². The number of carboxylic acid groups (broad SMARTS) is 1. The summed E-state index contributed by atoms with van der Waals surface area (Å²) in [5.74, 6) is -1.66. The van der Waals surface area contributed by atoms with E-state index in [2.05, 4.69) is 0 Å². The van der Waals surface area contributed by atoms with E-state index in [9.17, 15) is 9.18 Å². The van der Waals surface area contributed by atoms with Crippen molar-refractivity contribution in [3.63, 3.8) is 0 Å². The Kier molecular flexibility index (Phi) is 3.15. The van der Waals surface area contributed by atoms with Crippen LogP contribution in [0.5, 0.6) is 0 Å². The van der Waals surface area contributed by atoms with E-state index in [-0.39, 0.29) is 5.56 Å². The molecular weight excluding hydrogens is 231 g/mol. The molecule has 0 spiro atoms. The van der Waals surface area contributed by atoms with E-state index in [1.807, 2.05) is 32.0 Å². The summed E-state index contributed by atoms with van der Waals surface area (Å²) in [6.07, 6.45) is 0. The molecule has 1 N–H and O–H groups in total. The minimum Gasteiger partial charge on any atom is -0.478 e. The van der Waals surface area contributed by atoms with E-state index < -0.39 is 11.8 Å². The smallest absolute Gasteiger partial charge is 0.335 e. The van der Waals surface area contributed by atoms with Gasteiger partial charge >= 0.3 is 5.97 Å². The number of rotatable bonds is 2. The number of benzene rings is 2. The zero-order chi connectivity index (χ0) is 13.3. The molecule has 0 fully saturated rings. The molecule has 3 heteroatoms. The number of aromatic carboxylic acids is 1. The van der Waals surface area contributed by atoms with Gasteiger partial charge in [0.05, 0.1) is 5.56 Å². The summed E-state index contributed by atoms with van der Waals surface area (Å²) >= 11 is 0. The zero-order valence-corrected chi connectivity index (χ0v) is 10.2. The third-order valence-corrected chi connectivity index (χ3v) is 2.70. The first kappa shape index (κ1) is 12.3. The molecule has 0 heterocycles. The van der Waals surface area contributed by atoms with Gasteiger partial charge in [0.1, 0.15) is 5.82 Å². The van der Waals surface area contributed by atoms with Gasteiger partial charge in [-0.1, -0.05) is 29.3 Å². The summed E-state index contributed by atoms with van der Waals surface area (Å²) in [5, 5.41) is 8.92. The highest BCUT2D eigenvalue weighted by molar-refractivity contribution is 5.89. The van der Waals surface area contributed by atoms with Crippen LogP contribution in [-0.2, 0) is 0 Å². The van der Waals surface area contributed by atoms with Gasteiger partial charge in [0.25, 0.3) is 0 Å². The molecule has 0 saturated heterocycles. The normalized spacial score (nSPS) is 10.4. The predicted molar refractivity (Wildman–Crippen MR) is 68.3 cm³/mol. The first-order valence-electron chi connectivity index (χ1n) is 5.58. The van der Waals surface area contributed by atoms with Crippen molar-refractivity contribution in [1.29, 1.82) is 0 Å². The molecule has 0 aromatic heterocycles. The second kappa shape index (κ2) is 4.61. The van der Waals surface area contributed by atoms with Crippen molar-refractivity contribution in [3.05, 3.63) is 58.9 Å². The maximum Gasteiger partial charge on any atom is 0.335 e. The van der Waals surface area contributed by atoms with Crippen LogP contribution in [0.4, 0.5) is 4.39 Å². The van der Waals surface area contributed by atoms with Crippen LogP contribution in [0.1, 0.15) is 21.5 Å². The van der Waals surface area contributed by atoms with Gasteiger partial charge in [0.15, 0.2) is 0 Å². The van der Waals surface area contributed by atoms with Crippen LogP contribution in [-0.4, -0.2) is 11.1 Å². The topological polar surface area (TPSA) is 37.3 Å². The molecule has 2 aromatic rings. The monoisotopic (exact) mass is 244 g/mol. The minimum atomic E-state index is -1.12. The van der Waals surface area contributed by atoms with E-state index in [4.69, 9.17) is 5.11 Å². The fourth-order valence-corrected chi connectivity index (χ4v) is 2.02. The van der Waals surface area contributed by atoms with Gasteiger partial charge in [-0.05, 0) is 43.2 Å². The molecule has 0 aliphatic carbocycles. The summed E-state index contributed by atoms with van der Waals surface area (Å²) in [4.78, 5) is 10.9. The first-order valence-corrected chi connectivity index (χ1v) is 5.58. The van der Waals surface area contributed by atoms with Crippen molar-refractivity contribution in [1.82, 2.24) is 0 Å². The van der Waals surface area contributed by atoms with Crippen LogP contribution in [0.2, 0.25) is 0 Å². The molecule has 2 rings (SSSR count). The quantitative estimate of drug-likeness (QED) is 0.872. The molecule has 92 valence electrons. The van der Waals surface area contributed by atoms with Crippen molar-refractivity contribution in [2.45, 2.75) is 13.8 Å². The highest BCUT2D eigenvalue weighted by atomic mass is 19.1. The zero-order valence-electron chi connectivity index (χ0n) is 10.2. The molecule has 2 aromatic carbocycles. The van der Waals surface area contributed by atoms with Crippen LogP contribution < -0.4 is 0 Å². The Morgan fingerprint density at radius 2 is 1.50 bits per heavy atom. The second-order valence-electron chi connectivity index (χ2n) is 4.41. The lowest BCUT2D eigenvalue weighted by atomic mass is 9.99. The molecule has 0 atom stereocenters. The predicted octanol–water partition coefficient (Wildman–Crippen LogP) is 3.81. The molecule has 0 aliphatic heterocycles. The maximum absolute atomic E-state index is 13.4. The van der Waals surface area contributed by atoms with Crippen LogP contribution in [0, 0.1) is 19.7 Å². The lowest BCUT2D eigenvalue weighted by Gasteiger charge is -2.07. The molecule has 0 saturated carbocycles. The van der Waals surface area contributed by atoms with Crippen molar-refractivity contribution in [2.75, 3.05) is 0 Å². The fraction of sp³-hybridized carbons (Fsp3) is 0.133. The molecule has 18 heavy (non-hydrogen) atoms. The van der Waals surface area contributed by atoms with Crippen molar-refractivity contribution < 1.29 is 14.3 Å². The minimum absolute atomic E-state index is 0.0378. The highest BCUT2D eigenvalue weighted by Gasteiger charge is 2.09. The SMILES string of the molecule is Cc1cc(C)cc(-c2cc(F)cc(C(=O)O)c2)c1. The van der Waals surface area contributed by atoms with Gasteiger partial charge in [-0.2, -0.15) is 0 Å². The highest BCUT2D eigenvalue weighted by Crippen LogP contribution is 2.24. The summed E-state index contributed by atoms with van der Waals surface area (Å²) in [6.45, 7) is 3.90. The Labute approximate surface area is 105 Å². The molecular formula is C15H13FO2. The number of aryl methyl sites for hydroxylation is 2. The lowest BCUT2D eigenvalue weighted by molar-refractivity contribution is 0.0696. The number of carboxylic acids is 1. The van der Waals surface area contributed by atoms with Gasteiger partial charge in [0, 0.05) is 0 Å². The van der Waals surface area contributed by atoms with Crippen LogP contribution in [0.3, 0.4) is 0 Å². The van der Waals surface area contributed by atoms with Crippen LogP contribution in [0.15, 0.2) is 36.4 Å². The number of hydrogen-bond donors (Lipinski definition) is 1. The molecule has 2 nitrogen and oxygen atoms in total. The van der Waals surface area contributed by atoms with E-state index in [1.165, 1.54) is 12.1 Å². The average molecular weight is 244 g/mol. The Morgan fingerprint density at radius 3 is 2.06 bits per heavy atom. The Hall–Kier alpha value is -2.16. The maximum atomic E-state index is 13.4. The summed E-state index contributed by atoms with van der Waals surface area (Å²) < 4.78 is 13.4. The Balaban J connectivity index is 2.59.